The molecule has 1 heterocycles. The first-order valence-corrected chi connectivity index (χ1v) is 9.56. The lowest BCUT2D eigenvalue weighted by atomic mass is 9.86. The van der Waals surface area contributed by atoms with Crippen molar-refractivity contribution in [3.8, 4) is 22.9 Å². The fourth-order valence-electron chi connectivity index (χ4n) is 3.69. The summed E-state index contributed by atoms with van der Waals surface area (Å²) in [5.41, 5.74) is 0.141. The Labute approximate surface area is 172 Å². The molecule has 0 unspecified atom stereocenters. The van der Waals surface area contributed by atoms with Gasteiger partial charge < -0.3 is 9.84 Å². The molecule has 3 aromatic carbocycles. The molecule has 0 aliphatic rings. The molecule has 0 spiro atoms. The number of H-pyrrole nitrogens is 1. The molecule has 2 N–H and O–H groups in total. The van der Waals surface area contributed by atoms with Gasteiger partial charge in [0.15, 0.2) is 0 Å². The molecule has 4 aromatic rings. The lowest BCUT2D eigenvalue weighted by Crippen LogP contribution is -2.29. The van der Waals surface area contributed by atoms with Gasteiger partial charge in [0, 0.05) is 5.39 Å². The number of aromatic amines is 1. The number of aromatic nitrogens is 3. The third kappa shape index (κ3) is 3.08. The predicted octanol–water partition coefficient (Wildman–Crippen LogP) is 3.48. The molecule has 0 aliphatic heterocycles. The van der Waals surface area contributed by atoms with E-state index in [0.717, 1.165) is 20.2 Å². The van der Waals surface area contributed by atoms with Crippen molar-refractivity contribution in [2.75, 3.05) is 7.11 Å². The number of phenolic OH excluding ortho intramolecular Hbond substituents is 1. The van der Waals surface area contributed by atoms with Gasteiger partial charge in [0.25, 0.3) is 0 Å². The minimum Gasteiger partial charge on any atom is -0.506 e. The van der Waals surface area contributed by atoms with Crippen molar-refractivity contribution < 1.29 is 9.84 Å². The van der Waals surface area contributed by atoms with E-state index >= 15 is 0 Å². The number of ether oxygens (including phenoxy) is 1. The molecule has 0 radical (unpaired) electrons. The number of phenols is 1. The minimum absolute atomic E-state index is 0.118. The van der Waals surface area contributed by atoms with Crippen LogP contribution in [0.15, 0.2) is 64.2 Å². The second kappa shape index (κ2) is 6.95. The summed E-state index contributed by atoms with van der Waals surface area (Å²) >= 11 is 0. The molecule has 0 saturated heterocycles. The Balaban J connectivity index is 2.02. The number of rotatable bonds is 3. The van der Waals surface area contributed by atoms with Gasteiger partial charge in [-0.05, 0) is 46.7 Å². The lowest BCUT2D eigenvalue weighted by Gasteiger charge is -2.22. The van der Waals surface area contributed by atoms with Crippen LogP contribution >= 0.6 is 0 Å². The summed E-state index contributed by atoms with van der Waals surface area (Å²) in [6.45, 7) is 6.06. The van der Waals surface area contributed by atoms with Crippen LogP contribution in [0.5, 0.6) is 11.5 Å². The molecule has 0 atom stereocenters. The molecular weight excluding hydrogens is 382 g/mol. The zero-order valence-corrected chi connectivity index (χ0v) is 17.3. The van der Waals surface area contributed by atoms with Gasteiger partial charge in [0.05, 0.1) is 12.8 Å². The van der Waals surface area contributed by atoms with E-state index in [4.69, 9.17) is 4.74 Å². The number of nitrogens with zero attached hydrogens (tertiary/aromatic N) is 2. The normalized spacial score (nSPS) is 11.7. The largest absolute Gasteiger partial charge is 0.506 e. The maximum atomic E-state index is 13.3. The molecule has 154 valence electrons. The third-order valence-electron chi connectivity index (χ3n) is 5.15. The second-order valence-corrected chi connectivity index (χ2v) is 8.16. The summed E-state index contributed by atoms with van der Waals surface area (Å²) in [5, 5.41) is 14.5. The highest BCUT2D eigenvalue weighted by Gasteiger charge is 2.23. The van der Waals surface area contributed by atoms with Crippen molar-refractivity contribution in [2.45, 2.75) is 26.2 Å². The van der Waals surface area contributed by atoms with Crippen LogP contribution in [0.25, 0.3) is 22.1 Å². The third-order valence-corrected chi connectivity index (χ3v) is 5.15. The smallest absolute Gasteiger partial charge is 0.356 e. The summed E-state index contributed by atoms with van der Waals surface area (Å²) in [5.74, 6) is 0.531. The van der Waals surface area contributed by atoms with Crippen LogP contribution in [-0.4, -0.2) is 26.6 Å². The molecule has 0 fully saturated rings. The summed E-state index contributed by atoms with van der Waals surface area (Å²) < 4.78 is 7.44. The first-order valence-electron chi connectivity index (χ1n) is 9.56. The number of benzene rings is 3. The standard InChI is InChI=1S/C23H23N3O4/c1-23(2,3)17-7-5-6-8-18(17)25-21(28)24-26(22(25)29)20-16-11-10-15(30-4)13-14(16)9-12-19(20)27/h5-13,27H,1-4H3,(H,24,28). The SMILES string of the molecule is COc1ccc2c(-n3[nH]c(=O)n(-c4ccccc4C(C)(C)C)c3=O)c(O)ccc2c1. The van der Waals surface area contributed by atoms with Crippen molar-refractivity contribution in [1.82, 2.24) is 14.3 Å². The van der Waals surface area contributed by atoms with E-state index in [9.17, 15) is 14.7 Å². The molecule has 0 amide bonds. The zero-order valence-electron chi connectivity index (χ0n) is 17.3. The number of methoxy groups -OCH3 is 1. The number of fused-ring (bicyclic) bond motifs is 1. The summed E-state index contributed by atoms with van der Waals surface area (Å²) in [7, 11) is 1.57. The van der Waals surface area contributed by atoms with E-state index in [1.807, 2.05) is 32.9 Å². The van der Waals surface area contributed by atoms with Gasteiger partial charge in [-0.1, -0.05) is 45.0 Å². The Morgan fingerprint density at radius 3 is 2.43 bits per heavy atom. The topological polar surface area (TPSA) is 89.2 Å². The monoisotopic (exact) mass is 405 g/mol. The summed E-state index contributed by atoms with van der Waals surface area (Å²) in [6.07, 6.45) is 0. The Hall–Kier alpha value is -3.74. The van der Waals surface area contributed by atoms with E-state index in [1.165, 1.54) is 6.07 Å². The molecule has 0 bridgehead atoms. The van der Waals surface area contributed by atoms with Gasteiger partial charge in [0.1, 0.15) is 17.2 Å². The average Bonchev–Trinajstić information content (AvgIpc) is 3.00. The maximum Gasteiger partial charge on any atom is 0.356 e. The van der Waals surface area contributed by atoms with E-state index in [1.54, 1.807) is 43.5 Å². The zero-order chi connectivity index (χ0) is 21.6. The Morgan fingerprint density at radius 1 is 1.00 bits per heavy atom. The lowest BCUT2D eigenvalue weighted by molar-refractivity contribution is 0.415. The number of para-hydroxylation sites is 1. The van der Waals surface area contributed by atoms with Gasteiger partial charge in [-0.3, -0.25) is 0 Å². The minimum atomic E-state index is -0.588. The highest BCUT2D eigenvalue weighted by molar-refractivity contribution is 5.93. The molecule has 7 nitrogen and oxygen atoms in total. The van der Waals surface area contributed by atoms with Crippen molar-refractivity contribution in [3.05, 3.63) is 81.1 Å². The first kappa shape index (κ1) is 19.6. The van der Waals surface area contributed by atoms with Crippen LogP contribution in [-0.2, 0) is 5.41 Å². The molecule has 0 aliphatic carbocycles. The van der Waals surface area contributed by atoms with Gasteiger partial charge in [-0.2, -0.15) is 4.68 Å². The molecule has 4 rings (SSSR count). The summed E-state index contributed by atoms with van der Waals surface area (Å²) in [6, 6.07) is 15.8. The number of hydrogen-bond acceptors (Lipinski definition) is 4. The van der Waals surface area contributed by atoms with Gasteiger partial charge in [0.2, 0.25) is 0 Å². The highest BCUT2D eigenvalue weighted by atomic mass is 16.5. The van der Waals surface area contributed by atoms with Crippen LogP contribution in [0.3, 0.4) is 0 Å². The number of aromatic hydroxyl groups is 1. The average molecular weight is 405 g/mol. The van der Waals surface area contributed by atoms with Crippen LogP contribution in [0.1, 0.15) is 26.3 Å². The van der Waals surface area contributed by atoms with Crippen molar-refractivity contribution in [3.63, 3.8) is 0 Å². The fourth-order valence-corrected chi connectivity index (χ4v) is 3.69. The molecular formula is C23H23N3O4. The highest BCUT2D eigenvalue weighted by Crippen LogP contribution is 2.32. The molecule has 1 aromatic heterocycles. The number of hydrogen-bond donors (Lipinski definition) is 2. The van der Waals surface area contributed by atoms with Crippen molar-refractivity contribution >= 4 is 10.8 Å². The maximum absolute atomic E-state index is 13.3. The molecule has 0 saturated carbocycles. The van der Waals surface area contributed by atoms with E-state index in [-0.39, 0.29) is 16.9 Å². The Bertz CT molecular complexity index is 1370. The van der Waals surface area contributed by atoms with Crippen molar-refractivity contribution in [2.24, 2.45) is 0 Å². The second-order valence-electron chi connectivity index (χ2n) is 8.16. The Kier molecular flexibility index (Phi) is 4.53. The quantitative estimate of drug-likeness (QED) is 0.546. The van der Waals surface area contributed by atoms with E-state index in [0.29, 0.717) is 16.8 Å². The van der Waals surface area contributed by atoms with E-state index < -0.39 is 11.4 Å². The van der Waals surface area contributed by atoms with Crippen LogP contribution in [0.2, 0.25) is 0 Å². The van der Waals surface area contributed by atoms with Crippen LogP contribution < -0.4 is 16.1 Å². The van der Waals surface area contributed by atoms with Gasteiger partial charge >= 0.3 is 11.4 Å². The fraction of sp³-hybridized carbons (Fsp3) is 0.217. The van der Waals surface area contributed by atoms with Crippen molar-refractivity contribution in [1.29, 1.82) is 0 Å². The van der Waals surface area contributed by atoms with Crippen LogP contribution in [0, 0.1) is 0 Å². The predicted molar refractivity (Wildman–Crippen MR) is 116 cm³/mol. The van der Waals surface area contributed by atoms with E-state index in [2.05, 4.69) is 5.10 Å². The Morgan fingerprint density at radius 2 is 1.73 bits per heavy atom. The number of nitrogens with one attached hydrogen (secondary N) is 1. The molecule has 30 heavy (non-hydrogen) atoms. The molecule has 7 heteroatoms. The van der Waals surface area contributed by atoms with Gasteiger partial charge in [-0.15, -0.1) is 0 Å². The first-order chi connectivity index (χ1) is 14.2. The van der Waals surface area contributed by atoms with Crippen LogP contribution in [0.4, 0.5) is 0 Å². The summed E-state index contributed by atoms with van der Waals surface area (Å²) in [4.78, 5) is 26.2. The van der Waals surface area contributed by atoms with Gasteiger partial charge in [-0.25, -0.2) is 19.3 Å².